The number of ether oxygens (including phenoxy) is 2. The number of carbonyl (C=O) groups excluding carboxylic acids is 1. The van der Waals surface area contributed by atoms with Crippen LogP contribution < -0.4 is 14.8 Å². The predicted molar refractivity (Wildman–Crippen MR) is 98.2 cm³/mol. The standard InChI is InChI=1S/C19H17N3O3S/c1-12-17(26-19(22-12)14-4-2-3-7-20-14)9-18(23)21-10-13-5-6-15-16(8-13)25-11-24-15/h2-8H,9-11H2,1H3,(H,21,23). The number of amides is 1. The van der Waals surface area contributed by atoms with Crippen LogP contribution in [0.3, 0.4) is 0 Å². The van der Waals surface area contributed by atoms with Crippen molar-refractivity contribution in [1.29, 1.82) is 0 Å². The Balaban J connectivity index is 1.38. The van der Waals surface area contributed by atoms with Crippen molar-refractivity contribution in [2.75, 3.05) is 6.79 Å². The van der Waals surface area contributed by atoms with Gasteiger partial charge in [-0.05, 0) is 36.8 Å². The molecule has 1 aliphatic rings. The lowest BCUT2D eigenvalue weighted by Crippen LogP contribution is -2.24. The maximum absolute atomic E-state index is 12.3. The summed E-state index contributed by atoms with van der Waals surface area (Å²) in [4.78, 5) is 22.1. The van der Waals surface area contributed by atoms with Crippen molar-refractivity contribution in [2.24, 2.45) is 0 Å². The van der Waals surface area contributed by atoms with Crippen LogP contribution in [0, 0.1) is 6.92 Å². The van der Waals surface area contributed by atoms with Crippen LogP contribution in [-0.2, 0) is 17.8 Å². The molecule has 7 heteroatoms. The van der Waals surface area contributed by atoms with Crippen molar-refractivity contribution < 1.29 is 14.3 Å². The van der Waals surface area contributed by atoms with Crippen LogP contribution in [0.5, 0.6) is 11.5 Å². The zero-order valence-electron chi connectivity index (χ0n) is 14.2. The fraction of sp³-hybridized carbons (Fsp3) is 0.211. The smallest absolute Gasteiger partial charge is 0.231 e. The van der Waals surface area contributed by atoms with E-state index in [-0.39, 0.29) is 12.7 Å². The molecule has 0 fully saturated rings. The fourth-order valence-corrected chi connectivity index (χ4v) is 3.69. The molecule has 1 amide bonds. The number of hydrogen-bond acceptors (Lipinski definition) is 6. The van der Waals surface area contributed by atoms with E-state index in [1.54, 1.807) is 6.20 Å². The first kappa shape index (κ1) is 16.5. The van der Waals surface area contributed by atoms with E-state index in [0.717, 1.165) is 38.3 Å². The first-order chi connectivity index (χ1) is 12.7. The van der Waals surface area contributed by atoms with E-state index >= 15 is 0 Å². The number of carbonyl (C=O) groups is 1. The summed E-state index contributed by atoms with van der Waals surface area (Å²) >= 11 is 1.51. The Labute approximate surface area is 154 Å². The number of nitrogens with one attached hydrogen (secondary N) is 1. The highest BCUT2D eigenvalue weighted by Gasteiger charge is 2.15. The molecule has 1 N–H and O–H groups in total. The van der Waals surface area contributed by atoms with Crippen LogP contribution in [0.2, 0.25) is 0 Å². The Kier molecular flexibility index (Phi) is 4.53. The number of rotatable bonds is 5. The predicted octanol–water partition coefficient (Wildman–Crippen LogP) is 3.10. The van der Waals surface area contributed by atoms with Gasteiger partial charge in [0.1, 0.15) is 5.01 Å². The lowest BCUT2D eigenvalue weighted by Gasteiger charge is -2.06. The Morgan fingerprint density at radius 1 is 1.23 bits per heavy atom. The molecule has 0 unspecified atom stereocenters. The average Bonchev–Trinajstić information content (AvgIpc) is 3.27. The van der Waals surface area contributed by atoms with Gasteiger partial charge in [-0.25, -0.2) is 4.98 Å². The first-order valence-electron chi connectivity index (χ1n) is 8.22. The molecule has 0 aliphatic carbocycles. The Hall–Kier alpha value is -2.93. The summed E-state index contributed by atoms with van der Waals surface area (Å²) in [6.07, 6.45) is 2.05. The minimum atomic E-state index is -0.0398. The Morgan fingerprint density at radius 3 is 2.96 bits per heavy atom. The highest BCUT2D eigenvalue weighted by Crippen LogP contribution is 2.32. The minimum absolute atomic E-state index is 0.0398. The summed E-state index contributed by atoms with van der Waals surface area (Å²) < 4.78 is 10.6. The van der Waals surface area contributed by atoms with Crippen LogP contribution in [0.1, 0.15) is 16.1 Å². The summed E-state index contributed by atoms with van der Waals surface area (Å²) in [6.45, 7) is 2.61. The van der Waals surface area contributed by atoms with Crippen LogP contribution in [0.25, 0.3) is 10.7 Å². The average molecular weight is 367 g/mol. The maximum atomic E-state index is 12.3. The second-order valence-electron chi connectivity index (χ2n) is 5.88. The molecule has 2 aromatic heterocycles. The van der Waals surface area contributed by atoms with Gasteiger partial charge in [0.25, 0.3) is 0 Å². The minimum Gasteiger partial charge on any atom is -0.454 e. The van der Waals surface area contributed by atoms with Crippen LogP contribution in [-0.4, -0.2) is 22.7 Å². The van der Waals surface area contributed by atoms with Gasteiger partial charge in [0.2, 0.25) is 12.7 Å². The number of benzene rings is 1. The fourth-order valence-electron chi connectivity index (χ4n) is 2.65. The molecule has 3 aromatic rings. The van der Waals surface area contributed by atoms with E-state index in [0.29, 0.717) is 13.0 Å². The van der Waals surface area contributed by atoms with Gasteiger partial charge in [-0.3, -0.25) is 9.78 Å². The maximum Gasteiger partial charge on any atom is 0.231 e. The number of aromatic nitrogens is 2. The number of aryl methyl sites for hydroxylation is 1. The van der Waals surface area contributed by atoms with Gasteiger partial charge in [0, 0.05) is 17.6 Å². The number of hydrogen-bond donors (Lipinski definition) is 1. The third-order valence-corrected chi connectivity index (χ3v) is 5.20. The van der Waals surface area contributed by atoms with Gasteiger partial charge in [0.15, 0.2) is 11.5 Å². The van der Waals surface area contributed by atoms with E-state index in [1.165, 1.54) is 11.3 Å². The Bertz CT molecular complexity index is 940. The Morgan fingerprint density at radius 2 is 2.12 bits per heavy atom. The number of pyridine rings is 1. The van der Waals surface area contributed by atoms with Gasteiger partial charge in [-0.15, -0.1) is 11.3 Å². The molecule has 3 heterocycles. The lowest BCUT2D eigenvalue weighted by molar-refractivity contribution is -0.120. The van der Waals surface area contributed by atoms with E-state index in [4.69, 9.17) is 9.47 Å². The molecule has 0 saturated heterocycles. The van der Waals surface area contributed by atoms with Crippen LogP contribution in [0.15, 0.2) is 42.6 Å². The molecule has 0 spiro atoms. The topological polar surface area (TPSA) is 73.3 Å². The normalized spacial score (nSPS) is 12.2. The second-order valence-corrected chi connectivity index (χ2v) is 6.97. The SMILES string of the molecule is Cc1nc(-c2ccccn2)sc1CC(=O)NCc1ccc2c(c1)OCO2. The van der Waals surface area contributed by atoms with Gasteiger partial charge in [-0.1, -0.05) is 12.1 Å². The third-order valence-electron chi connectivity index (χ3n) is 4.02. The van der Waals surface area contributed by atoms with Crippen LogP contribution in [0.4, 0.5) is 0 Å². The number of nitrogens with zero attached hydrogens (tertiary/aromatic N) is 2. The summed E-state index contributed by atoms with van der Waals surface area (Å²) in [5.74, 6) is 1.42. The molecule has 132 valence electrons. The number of thiazole rings is 1. The summed E-state index contributed by atoms with van der Waals surface area (Å²) in [5.41, 5.74) is 2.67. The van der Waals surface area contributed by atoms with E-state index in [2.05, 4.69) is 15.3 Å². The second kappa shape index (κ2) is 7.13. The highest BCUT2D eigenvalue weighted by atomic mass is 32.1. The monoisotopic (exact) mass is 367 g/mol. The van der Waals surface area contributed by atoms with Crippen LogP contribution >= 0.6 is 11.3 Å². The van der Waals surface area contributed by atoms with E-state index in [9.17, 15) is 4.79 Å². The van der Waals surface area contributed by atoms with Crippen molar-refractivity contribution in [3.8, 4) is 22.2 Å². The summed E-state index contributed by atoms with van der Waals surface area (Å²) in [5, 5.41) is 3.78. The summed E-state index contributed by atoms with van der Waals surface area (Å²) in [6, 6.07) is 11.4. The molecule has 0 atom stereocenters. The lowest BCUT2D eigenvalue weighted by atomic mass is 10.2. The molecule has 1 aromatic carbocycles. The molecule has 4 rings (SSSR count). The molecule has 0 radical (unpaired) electrons. The molecule has 0 saturated carbocycles. The van der Waals surface area contributed by atoms with Crippen molar-refractivity contribution >= 4 is 17.2 Å². The quantitative estimate of drug-likeness (QED) is 0.750. The molecule has 6 nitrogen and oxygen atoms in total. The van der Waals surface area contributed by atoms with Gasteiger partial charge < -0.3 is 14.8 Å². The van der Waals surface area contributed by atoms with Crippen molar-refractivity contribution in [2.45, 2.75) is 19.9 Å². The van der Waals surface area contributed by atoms with E-state index in [1.807, 2.05) is 43.3 Å². The largest absolute Gasteiger partial charge is 0.454 e. The third kappa shape index (κ3) is 3.52. The zero-order valence-corrected chi connectivity index (χ0v) is 15.0. The van der Waals surface area contributed by atoms with Gasteiger partial charge in [0.05, 0.1) is 17.8 Å². The van der Waals surface area contributed by atoms with Crippen molar-refractivity contribution in [3.05, 3.63) is 58.7 Å². The summed E-state index contributed by atoms with van der Waals surface area (Å²) in [7, 11) is 0. The first-order valence-corrected chi connectivity index (χ1v) is 9.03. The molecule has 26 heavy (non-hydrogen) atoms. The van der Waals surface area contributed by atoms with Crippen molar-refractivity contribution in [3.63, 3.8) is 0 Å². The molecular formula is C19H17N3O3S. The molecule has 1 aliphatic heterocycles. The van der Waals surface area contributed by atoms with Gasteiger partial charge >= 0.3 is 0 Å². The van der Waals surface area contributed by atoms with E-state index < -0.39 is 0 Å². The molecular weight excluding hydrogens is 350 g/mol. The highest BCUT2D eigenvalue weighted by molar-refractivity contribution is 7.15. The van der Waals surface area contributed by atoms with Crippen molar-refractivity contribution in [1.82, 2.24) is 15.3 Å². The molecule has 0 bridgehead atoms. The van der Waals surface area contributed by atoms with Gasteiger partial charge in [-0.2, -0.15) is 0 Å². The zero-order chi connectivity index (χ0) is 17.9. The number of fused-ring (bicyclic) bond motifs is 1.